The third-order valence-electron chi connectivity index (χ3n) is 3.58. The van der Waals surface area contributed by atoms with Gasteiger partial charge in [0.15, 0.2) is 0 Å². The van der Waals surface area contributed by atoms with Crippen molar-refractivity contribution in [1.82, 2.24) is 4.90 Å². The SMILES string of the molecule is COCC(C)N1CCN(c2cccc(N)c2)CC1. The number of rotatable bonds is 4. The van der Waals surface area contributed by atoms with E-state index in [0.29, 0.717) is 6.04 Å². The van der Waals surface area contributed by atoms with Crippen LogP contribution in [0.5, 0.6) is 0 Å². The van der Waals surface area contributed by atoms with Crippen LogP contribution >= 0.6 is 0 Å². The molecule has 0 aliphatic carbocycles. The Balaban J connectivity index is 1.90. The summed E-state index contributed by atoms with van der Waals surface area (Å²) in [5.41, 5.74) is 7.89. The van der Waals surface area contributed by atoms with E-state index in [-0.39, 0.29) is 0 Å². The molecule has 0 spiro atoms. The van der Waals surface area contributed by atoms with Crippen molar-refractivity contribution in [1.29, 1.82) is 0 Å². The van der Waals surface area contributed by atoms with Crippen LogP contribution in [0.3, 0.4) is 0 Å². The number of nitrogens with zero attached hydrogens (tertiary/aromatic N) is 2. The minimum atomic E-state index is 0.498. The van der Waals surface area contributed by atoms with Crippen LogP contribution in [-0.2, 0) is 4.74 Å². The summed E-state index contributed by atoms with van der Waals surface area (Å²) in [4.78, 5) is 4.87. The van der Waals surface area contributed by atoms with Crippen LogP contribution in [0.4, 0.5) is 11.4 Å². The highest BCUT2D eigenvalue weighted by molar-refractivity contribution is 5.56. The molecule has 0 radical (unpaired) electrons. The van der Waals surface area contributed by atoms with E-state index in [9.17, 15) is 0 Å². The molecule has 1 fully saturated rings. The lowest BCUT2D eigenvalue weighted by molar-refractivity contribution is 0.0953. The lowest BCUT2D eigenvalue weighted by Crippen LogP contribution is -2.50. The van der Waals surface area contributed by atoms with E-state index < -0.39 is 0 Å². The second-order valence-corrected chi connectivity index (χ2v) is 4.92. The zero-order valence-corrected chi connectivity index (χ0v) is 11.3. The van der Waals surface area contributed by atoms with Crippen molar-refractivity contribution < 1.29 is 4.74 Å². The first-order valence-electron chi connectivity index (χ1n) is 6.54. The summed E-state index contributed by atoms with van der Waals surface area (Å²) in [5, 5.41) is 0. The van der Waals surface area contributed by atoms with Crippen LogP contribution in [0, 0.1) is 0 Å². The number of hydrogen-bond donors (Lipinski definition) is 1. The first-order chi connectivity index (χ1) is 8.70. The average molecular weight is 249 g/mol. The van der Waals surface area contributed by atoms with Gasteiger partial charge in [-0.1, -0.05) is 6.07 Å². The van der Waals surface area contributed by atoms with Crippen molar-refractivity contribution in [3.05, 3.63) is 24.3 Å². The number of nitrogen functional groups attached to an aromatic ring is 1. The van der Waals surface area contributed by atoms with Crippen LogP contribution in [0.25, 0.3) is 0 Å². The maximum atomic E-state index is 5.83. The van der Waals surface area contributed by atoms with Crippen LogP contribution in [0.2, 0.25) is 0 Å². The number of benzene rings is 1. The monoisotopic (exact) mass is 249 g/mol. The Kier molecular flexibility index (Phi) is 4.44. The van der Waals surface area contributed by atoms with Gasteiger partial charge in [0.1, 0.15) is 0 Å². The van der Waals surface area contributed by atoms with Crippen molar-refractivity contribution >= 4 is 11.4 Å². The molecule has 1 aliphatic rings. The van der Waals surface area contributed by atoms with Gasteiger partial charge in [-0.2, -0.15) is 0 Å². The highest BCUT2D eigenvalue weighted by Crippen LogP contribution is 2.19. The van der Waals surface area contributed by atoms with Crippen molar-refractivity contribution in [3.63, 3.8) is 0 Å². The highest BCUT2D eigenvalue weighted by Gasteiger charge is 2.21. The number of hydrogen-bond acceptors (Lipinski definition) is 4. The van der Waals surface area contributed by atoms with Gasteiger partial charge in [-0.25, -0.2) is 0 Å². The summed E-state index contributed by atoms with van der Waals surface area (Å²) >= 11 is 0. The second kappa shape index (κ2) is 6.07. The molecule has 4 nitrogen and oxygen atoms in total. The molecule has 0 amide bonds. The van der Waals surface area contributed by atoms with Crippen LogP contribution in [0.1, 0.15) is 6.92 Å². The lowest BCUT2D eigenvalue weighted by Gasteiger charge is -2.39. The zero-order valence-electron chi connectivity index (χ0n) is 11.3. The third kappa shape index (κ3) is 3.15. The fourth-order valence-corrected chi connectivity index (χ4v) is 2.49. The lowest BCUT2D eigenvalue weighted by atomic mass is 10.2. The topological polar surface area (TPSA) is 41.7 Å². The standard InChI is InChI=1S/C14H23N3O/c1-12(11-18-2)16-6-8-17(9-7-16)14-5-3-4-13(15)10-14/h3-5,10,12H,6-9,11,15H2,1-2H3. The fourth-order valence-electron chi connectivity index (χ4n) is 2.49. The maximum Gasteiger partial charge on any atom is 0.0615 e. The van der Waals surface area contributed by atoms with Gasteiger partial charge in [0.05, 0.1) is 6.61 Å². The molecule has 2 N–H and O–H groups in total. The highest BCUT2D eigenvalue weighted by atomic mass is 16.5. The molecule has 2 rings (SSSR count). The maximum absolute atomic E-state index is 5.83. The molecule has 0 saturated carbocycles. The van der Waals surface area contributed by atoms with E-state index in [2.05, 4.69) is 22.8 Å². The van der Waals surface area contributed by atoms with Crippen molar-refractivity contribution in [2.45, 2.75) is 13.0 Å². The van der Waals surface area contributed by atoms with Crippen molar-refractivity contribution in [3.8, 4) is 0 Å². The molecule has 1 aromatic rings. The Morgan fingerprint density at radius 3 is 2.61 bits per heavy atom. The van der Waals surface area contributed by atoms with Gasteiger partial charge in [-0.3, -0.25) is 4.90 Å². The zero-order chi connectivity index (χ0) is 13.0. The summed E-state index contributed by atoms with van der Waals surface area (Å²) in [5.74, 6) is 0. The van der Waals surface area contributed by atoms with Gasteiger partial charge in [-0.15, -0.1) is 0 Å². The molecule has 1 aromatic carbocycles. The number of piperazine rings is 1. The molecular formula is C14H23N3O. The predicted molar refractivity (Wildman–Crippen MR) is 76.0 cm³/mol. The Morgan fingerprint density at radius 1 is 1.28 bits per heavy atom. The number of nitrogens with two attached hydrogens (primary N) is 1. The Morgan fingerprint density at radius 2 is 2.00 bits per heavy atom. The number of methoxy groups -OCH3 is 1. The summed E-state index contributed by atoms with van der Waals surface area (Å²) in [6.07, 6.45) is 0. The van der Waals surface area contributed by atoms with Crippen molar-refractivity contribution in [2.75, 3.05) is 50.5 Å². The molecule has 100 valence electrons. The predicted octanol–water partition coefficient (Wildman–Crippen LogP) is 1.43. The largest absolute Gasteiger partial charge is 0.399 e. The van der Waals surface area contributed by atoms with Crippen molar-refractivity contribution in [2.24, 2.45) is 0 Å². The molecular weight excluding hydrogens is 226 g/mol. The molecule has 1 atom stereocenters. The minimum Gasteiger partial charge on any atom is -0.399 e. The van der Waals surface area contributed by atoms with Crippen LogP contribution in [0.15, 0.2) is 24.3 Å². The number of ether oxygens (including phenoxy) is 1. The third-order valence-corrected chi connectivity index (χ3v) is 3.58. The fraction of sp³-hybridized carbons (Fsp3) is 0.571. The van der Waals surface area contributed by atoms with Gasteiger partial charge in [0, 0.05) is 50.7 Å². The molecule has 0 aromatic heterocycles. The van der Waals surface area contributed by atoms with E-state index in [0.717, 1.165) is 38.5 Å². The molecule has 0 bridgehead atoms. The number of anilines is 2. The van der Waals surface area contributed by atoms with E-state index in [4.69, 9.17) is 10.5 Å². The normalized spacial score (nSPS) is 18.9. The molecule has 1 heterocycles. The van der Waals surface area contributed by atoms with Crippen LogP contribution < -0.4 is 10.6 Å². The second-order valence-electron chi connectivity index (χ2n) is 4.92. The van der Waals surface area contributed by atoms with Gasteiger partial charge < -0.3 is 15.4 Å². The van der Waals surface area contributed by atoms with E-state index in [1.165, 1.54) is 5.69 Å². The van der Waals surface area contributed by atoms with Gasteiger partial charge in [0.25, 0.3) is 0 Å². The molecule has 18 heavy (non-hydrogen) atoms. The molecule has 1 aliphatic heterocycles. The molecule has 4 heteroatoms. The van der Waals surface area contributed by atoms with Gasteiger partial charge >= 0.3 is 0 Å². The smallest absolute Gasteiger partial charge is 0.0615 e. The molecule has 1 unspecified atom stereocenters. The summed E-state index contributed by atoms with van der Waals surface area (Å²) < 4.78 is 5.21. The van der Waals surface area contributed by atoms with E-state index in [1.807, 2.05) is 18.2 Å². The van der Waals surface area contributed by atoms with Crippen LogP contribution in [-0.4, -0.2) is 50.8 Å². The van der Waals surface area contributed by atoms with E-state index >= 15 is 0 Å². The first kappa shape index (κ1) is 13.2. The summed E-state index contributed by atoms with van der Waals surface area (Å²) in [6.45, 7) is 7.30. The quantitative estimate of drug-likeness (QED) is 0.820. The Hall–Kier alpha value is -1.26. The first-order valence-corrected chi connectivity index (χ1v) is 6.54. The van der Waals surface area contributed by atoms with E-state index in [1.54, 1.807) is 7.11 Å². The summed E-state index contributed by atoms with van der Waals surface area (Å²) in [6, 6.07) is 8.63. The van der Waals surface area contributed by atoms with Gasteiger partial charge in [-0.05, 0) is 25.1 Å². The Bertz CT molecular complexity index is 375. The Labute approximate surface area is 109 Å². The average Bonchev–Trinajstić information content (AvgIpc) is 2.39. The van der Waals surface area contributed by atoms with Gasteiger partial charge in [0.2, 0.25) is 0 Å². The molecule has 1 saturated heterocycles. The summed E-state index contributed by atoms with van der Waals surface area (Å²) in [7, 11) is 1.76. The minimum absolute atomic E-state index is 0.498.